The van der Waals surface area contributed by atoms with E-state index in [-0.39, 0.29) is 6.54 Å². The molecular formula is C16H23N5O3. The third-order valence-corrected chi connectivity index (χ3v) is 3.82. The minimum absolute atomic E-state index is 0.0256. The third-order valence-electron chi connectivity index (χ3n) is 3.82. The number of nitrogens with one attached hydrogen (secondary N) is 1. The Morgan fingerprint density at radius 3 is 2.42 bits per heavy atom. The maximum atomic E-state index is 12.2. The van der Waals surface area contributed by atoms with Gasteiger partial charge in [-0.1, -0.05) is 0 Å². The molecule has 8 nitrogen and oxygen atoms in total. The predicted molar refractivity (Wildman–Crippen MR) is 88.6 cm³/mol. The van der Waals surface area contributed by atoms with Gasteiger partial charge in [0.1, 0.15) is 6.54 Å². The Morgan fingerprint density at radius 1 is 1.25 bits per heavy atom. The van der Waals surface area contributed by atoms with Crippen molar-refractivity contribution in [2.75, 3.05) is 5.32 Å². The molecule has 2 aromatic rings. The minimum Gasteiger partial charge on any atom is -0.451 e. The number of carbonyl (C=O) groups is 2. The number of anilines is 1. The zero-order valence-electron chi connectivity index (χ0n) is 14.9. The molecule has 0 fully saturated rings. The van der Waals surface area contributed by atoms with Crippen molar-refractivity contribution in [3.8, 4) is 0 Å². The molecule has 0 aliphatic rings. The van der Waals surface area contributed by atoms with Crippen LogP contribution in [0.5, 0.6) is 0 Å². The topological polar surface area (TPSA) is 91.0 Å². The first kappa shape index (κ1) is 17.7. The van der Waals surface area contributed by atoms with E-state index in [1.54, 1.807) is 16.4 Å². The summed E-state index contributed by atoms with van der Waals surface area (Å²) in [5, 5.41) is 11.2. The van der Waals surface area contributed by atoms with Crippen molar-refractivity contribution in [2.24, 2.45) is 7.05 Å². The summed E-state index contributed by atoms with van der Waals surface area (Å²) in [5.41, 5.74) is 3.88. The van der Waals surface area contributed by atoms with Crippen LogP contribution >= 0.6 is 0 Å². The van der Waals surface area contributed by atoms with Gasteiger partial charge in [-0.15, -0.1) is 0 Å². The summed E-state index contributed by atoms with van der Waals surface area (Å²) in [4.78, 5) is 24.2. The molecule has 8 heteroatoms. The second-order valence-corrected chi connectivity index (χ2v) is 5.88. The van der Waals surface area contributed by atoms with Gasteiger partial charge < -0.3 is 10.1 Å². The van der Waals surface area contributed by atoms with Crippen LogP contribution in [0.3, 0.4) is 0 Å². The molecule has 0 aromatic carbocycles. The Morgan fingerprint density at radius 2 is 1.92 bits per heavy atom. The lowest BCUT2D eigenvalue weighted by Gasteiger charge is -2.14. The Bertz CT molecular complexity index is 775. The molecule has 1 amide bonds. The molecule has 1 unspecified atom stereocenters. The van der Waals surface area contributed by atoms with Gasteiger partial charge in [0.2, 0.25) is 0 Å². The second-order valence-electron chi connectivity index (χ2n) is 5.88. The maximum Gasteiger partial charge on any atom is 0.328 e. The molecule has 130 valence electrons. The Hall–Kier alpha value is -2.64. The molecular weight excluding hydrogens is 310 g/mol. The summed E-state index contributed by atoms with van der Waals surface area (Å²) in [5.74, 6) is -0.903. The fourth-order valence-electron chi connectivity index (χ4n) is 2.42. The molecule has 2 aromatic heterocycles. The van der Waals surface area contributed by atoms with Crippen molar-refractivity contribution in [3.63, 3.8) is 0 Å². The van der Waals surface area contributed by atoms with Crippen LogP contribution in [0.2, 0.25) is 0 Å². The number of ether oxygens (including phenoxy) is 1. The highest BCUT2D eigenvalue weighted by Gasteiger charge is 2.21. The molecule has 0 saturated carbocycles. The van der Waals surface area contributed by atoms with Crippen molar-refractivity contribution >= 4 is 17.6 Å². The molecule has 1 atom stereocenters. The quantitative estimate of drug-likeness (QED) is 0.836. The smallest absolute Gasteiger partial charge is 0.328 e. The number of amides is 1. The molecule has 0 spiro atoms. The zero-order valence-corrected chi connectivity index (χ0v) is 14.9. The number of aryl methyl sites for hydroxylation is 4. The minimum atomic E-state index is -0.909. The van der Waals surface area contributed by atoms with Gasteiger partial charge in [-0.3, -0.25) is 19.0 Å². The van der Waals surface area contributed by atoms with Crippen LogP contribution in [0.1, 0.15) is 29.7 Å². The average Bonchev–Trinajstić information content (AvgIpc) is 2.91. The molecule has 0 radical (unpaired) electrons. The molecule has 0 aliphatic heterocycles. The van der Waals surface area contributed by atoms with Gasteiger partial charge in [-0.25, -0.2) is 0 Å². The molecule has 0 aliphatic carbocycles. The van der Waals surface area contributed by atoms with E-state index in [2.05, 4.69) is 15.5 Å². The van der Waals surface area contributed by atoms with Crippen LogP contribution in [-0.2, 0) is 27.9 Å². The van der Waals surface area contributed by atoms with E-state index < -0.39 is 18.0 Å². The Labute approximate surface area is 140 Å². The first-order valence-electron chi connectivity index (χ1n) is 7.70. The predicted octanol–water partition coefficient (Wildman–Crippen LogP) is 1.42. The standard InChI is InChI=1S/C16H23N5O3/c1-9-7-10(2)21(18-9)8-14(22)24-13(5)16(23)17-15-11(3)19-20(6)12(15)4/h7,13H,8H2,1-6H3,(H,17,23). The molecule has 2 rings (SSSR count). The highest BCUT2D eigenvalue weighted by molar-refractivity contribution is 5.96. The van der Waals surface area contributed by atoms with Gasteiger partial charge in [0.05, 0.1) is 22.8 Å². The lowest BCUT2D eigenvalue weighted by molar-refractivity contribution is -0.154. The van der Waals surface area contributed by atoms with Crippen molar-refractivity contribution in [1.82, 2.24) is 19.6 Å². The van der Waals surface area contributed by atoms with Gasteiger partial charge in [0.25, 0.3) is 5.91 Å². The summed E-state index contributed by atoms with van der Waals surface area (Å²) in [6.07, 6.45) is -0.909. The van der Waals surface area contributed by atoms with Crippen LogP contribution in [0.25, 0.3) is 0 Å². The lowest BCUT2D eigenvalue weighted by Crippen LogP contribution is -2.31. The number of rotatable bonds is 5. The maximum absolute atomic E-state index is 12.2. The third kappa shape index (κ3) is 3.81. The highest BCUT2D eigenvalue weighted by Crippen LogP contribution is 2.18. The van der Waals surface area contributed by atoms with E-state index in [0.29, 0.717) is 11.4 Å². The summed E-state index contributed by atoms with van der Waals surface area (Å²) < 4.78 is 8.44. The van der Waals surface area contributed by atoms with E-state index in [9.17, 15) is 9.59 Å². The number of hydrogen-bond acceptors (Lipinski definition) is 5. The van der Waals surface area contributed by atoms with Gasteiger partial charge in [0, 0.05) is 12.7 Å². The second kappa shape index (κ2) is 6.86. The van der Waals surface area contributed by atoms with Crippen molar-refractivity contribution in [3.05, 3.63) is 28.8 Å². The van der Waals surface area contributed by atoms with Gasteiger partial charge >= 0.3 is 5.97 Å². The van der Waals surface area contributed by atoms with Crippen LogP contribution in [0.4, 0.5) is 5.69 Å². The van der Waals surface area contributed by atoms with Gasteiger partial charge in [-0.05, 0) is 40.7 Å². The van der Waals surface area contributed by atoms with Gasteiger partial charge in [0.15, 0.2) is 6.10 Å². The van der Waals surface area contributed by atoms with Gasteiger partial charge in [-0.2, -0.15) is 10.2 Å². The largest absolute Gasteiger partial charge is 0.451 e. The van der Waals surface area contributed by atoms with E-state index in [1.807, 2.05) is 33.8 Å². The Kier molecular flexibility index (Phi) is 5.06. The first-order valence-corrected chi connectivity index (χ1v) is 7.70. The monoisotopic (exact) mass is 333 g/mol. The molecule has 2 heterocycles. The van der Waals surface area contributed by atoms with Crippen molar-refractivity contribution in [1.29, 1.82) is 0 Å². The lowest BCUT2D eigenvalue weighted by atomic mass is 10.3. The molecule has 0 bridgehead atoms. The summed E-state index contributed by atoms with van der Waals surface area (Å²) in [6.45, 7) is 8.88. The van der Waals surface area contributed by atoms with E-state index in [0.717, 1.165) is 17.1 Å². The van der Waals surface area contributed by atoms with Crippen molar-refractivity contribution < 1.29 is 14.3 Å². The van der Waals surface area contributed by atoms with E-state index in [1.165, 1.54) is 6.92 Å². The number of aromatic nitrogens is 4. The molecule has 0 saturated heterocycles. The summed E-state index contributed by atoms with van der Waals surface area (Å²) in [6, 6.07) is 1.87. The highest BCUT2D eigenvalue weighted by atomic mass is 16.5. The molecule has 1 N–H and O–H groups in total. The van der Waals surface area contributed by atoms with Crippen LogP contribution < -0.4 is 5.32 Å². The Balaban J connectivity index is 1.96. The number of esters is 1. The first-order chi connectivity index (χ1) is 11.2. The zero-order chi connectivity index (χ0) is 18.0. The summed E-state index contributed by atoms with van der Waals surface area (Å²) in [7, 11) is 1.80. The van der Waals surface area contributed by atoms with Crippen molar-refractivity contribution in [2.45, 2.75) is 47.3 Å². The fourth-order valence-corrected chi connectivity index (χ4v) is 2.42. The SMILES string of the molecule is Cc1cc(C)n(CC(=O)OC(C)C(=O)Nc2c(C)nn(C)c2C)n1. The fraction of sp³-hybridized carbons (Fsp3) is 0.500. The normalized spacial score (nSPS) is 12.1. The number of hydrogen-bond donors (Lipinski definition) is 1. The van der Waals surface area contributed by atoms with E-state index >= 15 is 0 Å². The number of carbonyl (C=O) groups excluding carboxylic acids is 2. The average molecular weight is 333 g/mol. The van der Waals surface area contributed by atoms with Crippen LogP contribution in [0.15, 0.2) is 6.07 Å². The molecule has 24 heavy (non-hydrogen) atoms. The van der Waals surface area contributed by atoms with E-state index in [4.69, 9.17) is 4.74 Å². The summed E-state index contributed by atoms with van der Waals surface area (Å²) >= 11 is 0. The number of nitrogens with zero attached hydrogens (tertiary/aromatic N) is 4. The van der Waals surface area contributed by atoms with Crippen LogP contribution in [-0.4, -0.2) is 37.5 Å². The van der Waals surface area contributed by atoms with Crippen LogP contribution in [0, 0.1) is 27.7 Å².